The zero-order chi connectivity index (χ0) is 37.3. The smallest absolute Gasteiger partial charge is 0.416 e. The molecule has 0 saturated heterocycles. The predicted octanol–water partition coefficient (Wildman–Crippen LogP) is 6.47. The standard InChI is InChI=1S/C36H45F3N4O7S/c1-24-21-43(25(2)23-44)34(45)31-20-29(41-51(47,48)30-11-6-5-7-12-30)17-18-32(31)50-26(3)10-8-9-19-49-33(24)22-42(4)35(46)40-28-15-13-27(14-16-28)36(37,38)39/h5-7,11-18,20,24-26,33,41,44H,8-10,19,21-23H2,1-4H3,(H,40,46)/t24-,25-,26-,33+/m0/s1. The number of urea groups is 1. The number of anilines is 2. The largest absolute Gasteiger partial charge is 0.490 e. The van der Waals surface area contributed by atoms with Gasteiger partial charge in [-0.2, -0.15) is 13.2 Å². The third-order valence-electron chi connectivity index (χ3n) is 8.62. The lowest BCUT2D eigenvalue weighted by molar-refractivity contribution is -0.137. The second-order valence-corrected chi connectivity index (χ2v) is 14.5. The van der Waals surface area contributed by atoms with Crippen LogP contribution in [-0.2, 0) is 20.9 Å². The number of fused-ring (bicyclic) bond motifs is 1. The van der Waals surface area contributed by atoms with Crippen LogP contribution in [0.25, 0.3) is 0 Å². The number of hydrogen-bond donors (Lipinski definition) is 3. The van der Waals surface area contributed by atoms with Crippen LogP contribution in [-0.4, -0.2) is 86.9 Å². The van der Waals surface area contributed by atoms with Crippen LogP contribution in [0.2, 0.25) is 0 Å². The van der Waals surface area contributed by atoms with Gasteiger partial charge in [0.1, 0.15) is 5.75 Å². The number of nitrogens with one attached hydrogen (secondary N) is 2. The van der Waals surface area contributed by atoms with Crippen LogP contribution in [0.1, 0.15) is 56.0 Å². The van der Waals surface area contributed by atoms with Gasteiger partial charge in [0.05, 0.1) is 40.9 Å². The third-order valence-corrected chi connectivity index (χ3v) is 10.0. The van der Waals surface area contributed by atoms with Crippen LogP contribution in [0, 0.1) is 5.92 Å². The normalized spacial score (nSPS) is 20.0. The number of alkyl halides is 3. The fourth-order valence-electron chi connectivity index (χ4n) is 5.58. The molecule has 1 aliphatic rings. The summed E-state index contributed by atoms with van der Waals surface area (Å²) in [6, 6.07) is 15.2. The van der Waals surface area contributed by atoms with Crippen molar-refractivity contribution in [1.82, 2.24) is 9.80 Å². The summed E-state index contributed by atoms with van der Waals surface area (Å²) in [4.78, 5) is 30.3. The maximum atomic E-state index is 14.3. The number of ether oxygens (including phenoxy) is 2. The lowest BCUT2D eigenvalue weighted by Crippen LogP contribution is -2.48. The molecule has 15 heteroatoms. The molecule has 0 spiro atoms. The van der Waals surface area contributed by atoms with Crippen molar-refractivity contribution in [3.63, 3.8) is 0 Å². The van der Waals surface area contributed by atoms with E-state index in [1.165, 1.54) is 53.2 Å². The van der Waals surface area contributed by atoms with Gasteiger partial charge in [-0.05, 0) is 87.7 Å². The molecule has 3 N–H and O–H groups in total. The number of carbonyl (C=O) groups excluding carboxylic acids is 2. The summed E-state index contributed by atoms with van der Waals surface area (Å²) in [7, 11) is -2.43. The maximum Gasteiger partial charge on any atom is 0.416 e. The van der Waals surface area contributed by atoms with Crippen LogP contribution >= 0.6 is 0 Å². The molecular weight excluding hydrogens is 689 g/mol. The van der Waals surface area contributed by atoms with Gasteiger partial charge >= 0.3 is 12.2 Å². The van der Waals surface area contributed by atoms with Gasteiger partial charge in [0.2, 0.25) is 0 Å². The van der Waals surface area contributed by atoms with Crippen LogP contribution in [0.5, 0.6) is 5.75 Å². The molecule has 3 aromatic rings. The number of carbonyl (C=O) groups is 2. The zero-order valence-electron chi connectivity index (χ0n) is 29.0. The van der Waals surface area contributed by atoms with Gasteiger partial charge in [0, 0.05) is 44.0 Å². The summed E-state index contributed by atoms with van der Waals surface area (Å²) in [6.07, 6.45) is -3.33. The molecule has 0 unspecified atom stereocenters. The Bertz CT molecular complexity index is 1730. The summed E-state index contributed by atoms with van der Waals surface area (Å²) < 4.78 is 80.2. The molecule has 11 nitrogen and oxygen atoms in total. The van der Waals surface area contributed by atoms with Crippen LogP contribution < -0.4 is 14.8 Å². The first kappa shape index (κ1) is 39.4. The molecule has 1 heterocycles. The van der Waals surface area contributed by atoms with E-state index in [4.69, 9.17) is 9.47 Å². The number of rotatable bonds is 8. The van der Waals surface area contributed by atoms with Gasteiger partial charge in [-0.15, -0.1) is 0 Å². The highest BCUT2D eigenvalue weighted by molar-refractivity contribution is 7.92. The van der Waals surface area contributed by atoms with E-state index in [9.17, 15) is 36.3 Å². The van der Waals surface area contributed by atoms with E-state index in [0.29, 0.717) is 19.4 Å². The van der Waals surface area contributed by atoms with E-state index in [2.05, 4.69) is 10.0 Å². The van der Waals surface area contributed by atoms with E-state index < -0.39 is 45.8 Å². The Labute approximate surface area is 296 Å². The number of benzene rings is 3. The second-order valence-electron chi connectivity index (χ2n) is 12.8. The minimum absolute atomic E-state index is 0.0506. The van der Waals surface area contributed by atoms with Gasteiger partial charge in [-0.3, -0.25) is 9.52 Å². The average Bonchev–Trinajstić information content (AvgIpc) is 3.09. The topological polar surface area (TPSA) is 138 Å². The summed E-state index contributed by atoms with van der Waals surface area (Å²) in [6.45, 7) is 5.58. The van der Waals surface area contributed by atoms with Crippen molar-refractivity contribution in [1.29, 1.82) is 0 Å². The number of hydrogen-bond acceptors (Lipinski definition) is 7. The van der Waals surface area contributed by atoms with E-state index >= 15 is 0 Å². The van der Waals surface area contributed by atoms with Gasteiger partial charge in [-0.1, -0.05) is 25.1 Å². The number of aliphatic hydroxyl groups is 1. The predicted molar refractivity (Wildman–Crippen MR) is 187 cm³/mol. The average molecular weight is 735 g/mol. The van der Waals surface area contributed by atoms with Crippen molar-refractivity contribution in [2.24, 2.45) is 5.92 Å². The molecule has 0 aliphatic carbocycles. The first-order valence-electron chi connectivity index (χ1n) is 16.7. The molecular formula is C36H45F3N4O7S. The van der Waals surface area contributed by atoms with Crippen molar-refractivity contribution in [3.8, 4) is 5.75 Å². The van der Waals surface area contributed by atoms with Crippen molar-refractivity contribution in [2.75, 3.05) is 43.4 Å². The molecule has 3 aromatic carbocycles. The van der Waals surface area contributed by atoms with Crippen LogP contribution in [0.3, 0.4) is 0 Å². The Kier molecular flexibility index (Phi) is 13.3. The van der Waals surface area contributed by atoms with Gasteiger partial charge in [0.25, 0.3) is 15.9 Å². The molecule has 0 fully saturated rings. The molecule has 1 aliphatic heterocycles. The van der Waals surface area contributed by atoms with Crippen molar-refractivity contribution >= 4 is 33.3 Å². The van der Waals surface area contributed by atoms with Gasteiger partial charge < -0.3 is 29.7 Å². The lowest BCUT2D eigenvalue weighted by Gasteiger charge is -2.35. The highest BCUT2D eigenvalue weighted by atomic mass is 32.2. The molecule has 278 valence electrons. The molecule has 51 heavy (non-hydrogen) atoms. The van der Waals surface area contributed by atoms with Crippen molar-refractivity contribution in [3.05, 3.63) is 83.9 Å². The summed E-state index contributed by atoms with van der Waals surface area (Å²) >= 11 is 0. The Morgan fingerprint density at radius 1 is 1.04 bits per heavy atom. The number of sulfonamides is 1. The minimum atomic E-state index is -4.50. The van der Waals surface area contributed by atoms with Crippen LogP contribution in [0.4, 0.5) is 29.3 Å². The SMILES string of the molecule is C[C@H]1CCCCO[C@H](CN(C)C(=O)Nc2ccc(C(F)(F)F)cc2)[C@@H](C)CN([C@@H](C)CO)C(=O)c2cc(NS(=O)(=O)c3ccccc3)ccc2O1. The summed E-state index contributed by atoms with van der Waals surface area (Å²) in [5.41, 5.74) is -0.394. The number of halogens is 3. The van der Waals surface area contributed by atoms with E-state index in [-0.39, 0.29) is 59.3 Å². The molecule has 0 saturated carbocycles. The zero-order valence-corrected chi connectivity index (χ0v) is 29.8. The first-order chi connectivity index (χ1) is 24.1. The highest BCUT2D eigenvalue weighted by Crippen LogP contribution is 2.31. The fraction of sp³-hybridized carbons (Fsp3) is 0.444. The monoisotopic (exact) mass is 734 g/mol. The number of nitrogens with zero attached hydrogens (tertiary/aromatic N) is 2. The van der Waals surface area contributed by atoms with Crippen molar-refractivity contribution in [2.45, 2.75) is 69.4 Å². The van der Waals surface area contributed by atoms with Crippen LogP contribution in [0.15, 0.2) is 77.7 Å². The fourth-order valence-corrected chi connectivity index (χ4v) is 6.65. The first-order valence-corrected chi connectivity index (χ1v) is 18.2. The molecule has 4 atom stereocenters. The van der Waals surface area contributed by atoms with Gasteiger partial charge in [0.15, 0.2) is 0 Å². The molecule has 0 radical (unpaired) electrons. The summed E-state index contributed by atoms with van der Waals surface area (Å²) in [5.74, 6) is -0.617. The molecule has 0 aromatic heterocycles. The van der Waals surface area contributed by atoms with E-state index in [1.54, 1.807) is 31.2 Å². The van der Waals surface area contributed by atoms with Gasteiger partial charge in [-0.25, -0.2) is 13.2 Å². The quantitative estimate of drug-likeness (QED) is 0.242. The van der Waals surface area contributed by atoms with E-state index in [0.717, 1.165) is 18.6 Å². The van der Waals surface area contributed by atoms with Crippen molar-refractivity contribution < 1.29 is 45.8 Å². The minimum Gasteiger partial charge on any atom is -0.490 e. The molecule has 3 amide bonds. The highest BCUT2D eigenvalue weighted by Gasteiger charge is 2.32. The Morgan fingerprint density at radius 3 is 2.35 bits per heavy atom. The molecule has 4 rings (SSSR count). The third kappa shape index (κ3) is 10.8. The Hall–Kier alpha value is -4.34. The molecule has 0 bridgehead atoms. The Morgan fingerprint density at radius 2 is 1.71 bits per heavy atom. The summed E-state index contributed by atoms with van der Waals surface area (Å²) in [5, 5.41) is 12.8. The lowest BCUT2D eigenvalue weighted by atomic mass is 10.0. The second kappa shape index (κ2) is 17.2. The number of likely N-dealkylation sites (N-methyl/N-ethyl adjacent to an activating group) is 1. The van der Waals surface area contributed by atoms with E-state index in [1.807, 2.05) is 13.8 Å². The number of amides is 3. The number of aliphatic hydroxyl groups excluding tert-OH is 1. The maximum absolute atomic E-state index is 14.3. The Balaban J connectivity index is 1.59.